The second-order valence-electron chi connectivity index (χ2n) is 2.14. The molecule has 0 aliphatic heterocycles. The fourth-order valence-electron chi connectivity index (χ4n) is 0.706. The summed E-state index contributed by atoms with van der Waals surface area (Å²) in [6.45, 7) is 6.71. The maximum absolute atomic E-state index is 9.19. The molecule has 9 heavy (non-hydrogen) atoms. The zero-order chi connectivity index (χ0) is 7.28. The van der Waals surface area contributed by atoms with Crippen LogP contribution in [0.4, 0.5) is 0 Å². The van der Waals surface area contributed by atoms with Crippen LogP contribution in [0.2, 0.25) is 6.55 Å². The number of hydrogen-bond acceptors (Lipinski definition) is 2. The van der Waals surface area contributed by atoms with Crippen molar-refractivity contribution in [1.29, 1.82) is 0 Å². The highest BCUT2D eigenvalue weighted by Crippen LogP contribution is 1.97. The van der Waals surface area contributed by atoms with Crippen LogP contribution in [-0.2, 0) is 4.43 Å². The van der Waals surface area contributed by atoms with Gasteiger partial charge in [-0.15, -0.1) is 0 Å². The van der Waals surface area contributed by atoms with E-state index in [4.69, 9.17) is 4.43 Å². The van der Waals surface area contributed by atoms with Crippen LogP contribution >= 0.6 is 0 Å². The Balaban J connectivity index is 3.32. The summed E-state index contributed by atoms with van der Waals surface area (Å²) in [5.74, 6) is 0. The van der Waals surface area contributed by atoms with Gasteiger partial charge in [-0.3, -0.25) is 0 Å². The van der Waals surface area contributed by atoms with Crippen molar-refractivity contribution in [2.75, 3.05) is 6.61 Å². The zero-order valence-corrected chi connectivity index (χ0v) is 7.58. The van der Waals surface area contributed by atoms with Gasteiger partial charge in [0.25, 0.3) is 0 Å². The first-order chi connectivity index (χ1) is 4.22. The number of rotatable bonds is 4. The van der Waals surface area contributed by atoms with Gasteiger partial charge in [-0.25, -0.2) is 0 Å². The summed E-state index contributed by atoms with van der Waals surface area (Å²) < 4.78 is 5.28. The topological polar surface area (TPSA) is 29.5 Å². The molecule has 0 aromatic carbocycles. The summed E-state index contributed by atoms with van der Waals surface area (Å²) in [6, 6.07) is 0. The van der Waals surface area contributed by atoms with Gasteiger partial charge in [-0.05, 0) is 19.9 Å². The molecular weight excluding hydrogens is 132 g/mol. The van der Waals surface area contributed by atoms with Crippen LogP contribution in [0.5, 0.6) is 0 Å². The maximum Gasteiger partial charge on any atom is 0.201 e. The second-order valence-corrected chi connectivity index (χ2v) is 4.65. The van der Waals surface area contributed by atoms with Gasteiger partial charge in [0.05, 0.1) is 5.73 Å². The Morgan fingerprint density at radius 3 is 2.44 bits per heavy atom. The Labute approximate surface area is 58.6 Å². The molecule has 3 heteroatoms. The van der Waals surface area contributed by atoms with Crippen LogP contribution in [0.1, 0.15) is 20.3 Å². The SMILES string of the molecule is CCO[SiH](C)C(O)CC. The van der Waals surface area contributed by atoms with Crippen molar-refractivity contribution in [1.82, 2.24) is 0 Å². The summed E-state index contributed by atoms with van der Waals surface area (Å²) in [7, 11) is -1.24. The Morgan fingerprint density at radius 2 is 2.11 bits per heavy atom. The third-order valence-corrected chi connectivity index (χ3v) is 3.80. The number of aliphatic hydroxyl groups is 1. The Bertz CT molecular complexity index is 68.1. The lowest BCUT2D eigenvalue weighted by atomic mass is 10.5. The molecule has 56 valence electrons. The first-order valence-corrected chi connectivity index (χ1v) is 5.81. The maximum atomic E-state index is 9.19. The van der Waals surface area contributed by atoms with E-state index in [9.17, 15) is 5.11 Å². The molecule has 2 atom stereocenters. The summed E-state index contributed by atoms with van der Waals surface area (Å²) in [4.78, 5) is 0. The Kier molecular flexibility index (Phi) is 5.04. The number of hydrogen-bond donors (Lipinski definition) is 1. The standard InChI is InChI=1S/C6H16O2Si/c1-4-6(7)9(3)8-5-2/h6-7,9H,4-5H2,1-3H3. The van der Waals surface area contributed by atoms with E-state index in [1.165, 1.54) is 0 Å². The summed E-state index contributed by atoms with van der Waals surface area (Å²) in [6.07, 6.45) is 0.827. The molecule has 0 aliphatic carbocycles. The molecule has 0 rings (SSSR count). The zero-order valence-electron chi connectivity index (χ0n) is 6.42. The van der Waals surface area contributed by atoms with Crippen molar-refractivity contribution in [2.24, 2.45) is 0 Å². The van der Waals surface area contributed by atoms with Crippen molar-refractivity contribution in [3.05, 3.63) is 0 Å². The predicted molar refractivity (Wildman–Crippen MR) is 40.9 cm³/mol. The molecule has 0 aliphatic rings. The highest BCUT2D eigenvalue weighted by molar-refractivity contribution is 6.51. The quantitative estimate of drug-likeness (QED) is 0.594. The fourth-order valence-corrected chi connectivity index (χ4v) is 2.12. The molecule has 0 heterocycles. The summed E-state index contributed by atoms with van der Waals surface area (Å²) >= 11 is 0. The molecule has 0 radical (unpaired) electrons. The van der Waals surface area contributed by atoms with Crippen LogP contribution in [-0.4, -0.2) is 26.5 Å². The monoisotopic (exact) mass is 148 g/mol. The van der Waals surface area contributed by atoms with Crippen molar-refractivity contribution >= 4 is 9.04 Å². The van der Waals surface area contributed by atoms with Crippen LogP contribution in [0.25, 0.3) is 0 Å². The minimum Gasteiger partial charge on any atom is -0.418 e. The van der Waals surface area contributed by atoms with Crippen molar-refractivity contribution in [3.63, 3.8) is 0 Å². The lowest BCUT2D eigenvalue weighted by Gasteiger charge is -2.14. The minimum atomic E-state index is -1.24. The molecule has 0 saturated carbocycles. The normalized spacial score (nSPS) is 17.3. The molecular formula is C6H16O2Si. The molecule has 0 aromatic heterocycles. The average Bonchev–Trinajstić information content (AvgIpc) is 1.87. The molecule has 0 aromatic rings. The van der Waals surface area contributed by atoms with Crippen molar-refractivity contribution in [3.8, 4) is 0 Å². The molecule has 0 saturated heterocycles. The molecule has 2 unspecified atom stereocenters. The lowest BCUT2D eigenvalue weighted by molar-refractivity contribution is 0.206. The van der Waals surface area contributed by atoms with Gasteiger partial charge in [-0.1, -0.05) is 6.92 Å². The van der Waals surface area contributed by atoms with Gasteiger partial charge in [0.2, 0.25) is 9.04 Å². The van der Waals surface area contributed by atoms with E-state index in [0.29, 0.717) is 0 Å². The van der Waals surface area contributed by atoms with Crippen LogP contribution in [0.15, 0.2) is 0 Å². The van der Waals surface area contributed by atoms with Crippen molar-refractivity contribution in [2.45, 2.75) is 32.5 Å². The molecule has 1 N–H and O–H groups in total. The Morgan fingerprint density at radius 1 is 1.56 bits per heavy atom. The van der Waals surface area contributed by atoms with E-state index in [1.54, 1.807) is 0 Å². The third kappa shape index (κ3) is 3.67. The summed E-state index contributed by atoms with van der Waals surface area (Å²) in [5, 5.41) is 9.19. The van der Waals surface area contributed by atoms with Crippen LogP contribution in [0, 0.1) is 0 Å². The third-order valence-electron chi connectivity index (χ3n) is 1.39. The van der Waals surface area contributed by atoms with E-state index in [-0.39, 0.29) is 5.73 Å². The van der Waals surface area contributed by atoms with Crippen molar-refractivity contribution < 1.29 is 9.53 Å². The van der Waals surface area contributed by atoms with E-state index >= 15 is 0 Å². The Hall–Kier alpha value is 0.137. The molecule has 2 nitrogen and oxygen atoms in total. The molecule has 0 bridgehead atoms. The predicted octanol–water partition coefficient (Wildman–Crippen LogP) is 0.687. The first-order valence-electron chi connectivity index (χ1n) is 3.52. The largest absolute Gasteiger partial charge is 0.418 e. The summed E-state index contributed by atoms with van der Waals surface area (Å²) in [5.41, 5.74) is -0.162. The highest BCUT2D eigenvalue weighted by Gasteiger charge is 2.13. The minimum absolute atomic E-state index is 0.162. The van der Waals surface area contributed by atoms with Gasteiger partial charge in [-0.2, -0.15) is 0 Å². The van der Waals surface area contributed by atoms with Crippen LogP contribution < -0.4 is 0 Å². The van der Waals surface area contributed by atoms with Gasteiger partial charge < -0.3 is 9.53 Å². The number of aliphatic hydroxyl groups excluding tert-OH is 1. The molecule has 0 spiro atoms. The smallest absolute Gasteiger partial charge is 0.201 e. The van der Waals surface area contributed by atoms with Gasteiger partial charge in [0, 0.05) is 6.61 Å². The van der Waals surface area contributed by atoms with E-state index in [2.05, 4.69) is 0 Å². The first kappa shape index (κ1) is 9.14. The molecule has 0 amide bonds. The van der Waals surface area contributed by atoms with E-state index < -0.39 is 9.04 Å². The second kappa shape index (κ2) is 4.96. The average molecular weight is 148 g/mol. The lowest BCUT2D eigenvalue weighted by Crippen LogP contribution is -2.30. The fraction of sp³-hybridized carbons (Fsp3) is 1.00. The van der Waals surface area contributed by atoms with E-state index in [1.807, 2.05) is 20.4 Å². The van der Waals surface area contributed by atoms with Gasteiger partial charge in [0.1, 0.15) is 0 Å². The van der Waals surface area contributed by atoms with E-state index in [0.717, 1.165) is 13.0 Å². The van der Waals surface area contributed by atoms with Crippen LogP contribution in [0.3, 0.4) is 0 Å². The van der Waals surface area contributed by atoms with Gasteiger partial charge in [0.15, 0.2) is 0 Å². The highest BCUT2D eigenvalue weighted by atomic mass is 28.3. The van der Waals surface area contributed by atoms with Gasteiger partial charge >= 0.3 is 0 Å². The molecule has 0 fully saturated rings.